The van der Waals surface area contributed by atoms with Crippen molar-refractivity contribution in [2.45, 2.75) is 5.16 Å². The van der Waals surface area contributed by atoms with Crippen LogP contribution in [0.2, 0.25) is 0 Å². The van der Waals surface area contributed by atoms with Gasteiger partial charge in [-0.05, 0) is 22.2 Å². The fraction of sp³-hybridized carbons (Fsp3) is 0.636. The lowest BCUT2D eigenvalue weighted by Crippen LogP contribution is -2.39. The van der Waals surface area contributed by atoms with E-state index in [0.717, 1.165) is 54.8 Å². The third-order valence-corrected chi connectivity index (χ3v) is 3.87. The Morgan fingerprint density at radius 3 is 3.00 bits per heavy atom. The van der Waals surface area contributed by atoms with Crippen molar-refractivity contribution < 1.29 is 4.74 Å². The van der Waals surface area contributed by atoms with Crippen LogP contribution in [0.4, 0.5) is 5.82 Å². The van der Waals surface area contributed by atoms with Gasteiger partial charge in [0.2, 0.25) is 0 Å². The molecular weight excluding hydrogens is 316 g/mol. The molecule has 1 aromatic heterocycles. The lowest BCUT2D eigenvalue weighted by molar-refractivity contribution is 0.0398. The van der Waals surface area contributed by atoms with Gasteiger partial charge in [0.15, 0.2) is 5.16 Å². The molecule has 0 radical (unpaired) electrons. The van der Waals surface area contributed by atoms with Crippen LogP contribution in [-0.4, -0.2) is 60.5 Å². The molecule has 0 spiro atoms. The summed E-state index contributed by atoms with van der Waals surface area (Å²) < 4.78 is 6.23. The highest BCUT2D eigenvalue weighted by atomic mass is 79.9. The molecule has 100 valence electrons. The smallest absolute Gasteiger partial charge is 0.189 e. The molecule has 1 aliphatic heterocycles. The van der Waals surface area contributed by atoms with Crippen molar-refractivity contribution in [1.82, 2.24) is 14.9 Å². The molecule has 0 amide bonds. The summed E-state index contributed by atoms with van der Waals surface area (Å²) in [7, 11) is 0. The number of thioether (sulfide) groups is 1. The number of ether oxygens (including phenoxy) is 1. The first-order chi connectivity index (χ1) is 8.79. The van der Waals surface area contributed by atoms with Crippen LogP contribution in [0.3, 0.4) is 0 Å². The van der Waals surface area contributed by atoms with Crippen LogP contribution in [-0.2, 0) is 4.74 Å². The Morgan fingerprint density at radius 1 is 1.50 bits per heavy atom. The van der Waals surface area contributed by atoms with Crippen LogP contribution in [0.15, 0.2) is 15.8 Å². The number of aromatic nitrogens is 2. The fourth-order valence-electron chi connectivity index (χ4n) is 1.73. The minimum Gasteiger partial charge on any atom is -0.379 e. The third-order valence-electron chi connectivity index (χ3n) is 2.73. The van der Waals surface area contributed by atoms with Crippen LogP contribution in [0.1, 0.15) is 0 Å². The van der Waals surface area contributed by atoms with Gasteiger partial charge in [0.25, 0.3) is 0 Å². The van der Waals surface area contributed by atoms with E-state index in [1.54, 1.807) is 18.0 Å². The zero-order valence-corrected chi connectivity index (χ0v) is 12.8. The summed E-state index contributed by atoms with van der Waals surface area (Å²) in [6.45, 7) is 5.60. The SMILES string of the molecule is CSc1ncc(Br)c(NCCN2CCOCC2)n1. The molecule has 0 saturated carbocycles. The minimum absolute atomic E-state index is 0.784. The molecule has 0 atom stereocenters. The minimum atomic E-state index is 0.784. The summed E-state index contributed by atoms with van der Waals surface area (Å²) in [6.07, 6.45) is 3.76. The Labute approximate surface area is 120 Å². The van der Waals surface area contributed by atoms with Crippen LogP contribution in [0.5, 0.6) is 0 Å². The molecule has 1 saturated heterocycles. The first-order valence-electron chi connectivity index (χ1n) is 5.90. The Hall–Kier alpha value is -0.370. The number of morpholine rings is 1. The summed E-state index contributed by atoms with van der Waals surface area (Å²) in [5.74, 6) is 0.864. The first-order valence-corrected chi connectivity index (χ1v) is 7.92. The second-order valence-corrected chi connectivity index (χ2v) is 5.56. The molecule has 1 aliphatic rings. The number of nitrogens with one attached hydrogen (secondary N) is 1. The van der Waals surface area contributed by atoms with Crippen molar-refractivity contribution in [2.24, 2.45) is 0 Å². The van der Waals surface area contributed by atoms with Crippen molar-refractivity contribution in [3.8, 4) is 0 Å². The molecule has 0 aliphatic carbocycles. The van der Waals surface area contributed by atoms with Crippen molar-refractivity contribution in [2.75, 3.05) is 51.0 Å². The number of anilines is 1. The van der Waals surface area contributed by atoms with E-state index in [4.69, 9.17) is 4.74 Å². The van der Waals surface area contributed by atoms with Gasteiger partial charge in [-0.3, -0.25) is 4.90 Å². The summed E-state index contributed by atoms with van der Waals surface area (Å²) in [4.78, 5) is 11.0. The van der Waals surface area contributed by atoms with Crippen molar-refractivity contribution in [1.29, 1.82) is 0 Å². The molecule has 2 heterocycles. The van der Waals surface area contributed by atoms with Gasteiger partial charge in [-0.15, -0.1) is 0 Å². The van der Waals surface area contributed by atoms with Gasteiger partial charge in [-0.25, -0.2) is 9.97 Å². The van der Waals surface area contributed by atoms with Gasteiger partial charge in [0.1, 0.15) is 5.82 Å². The summed E-state index contributed by atoms with van der Waals surface area (Å²) in [6, 6.07) is 0. The quantitative estimate of drug-likeness (QED) is 0.654. The monoisotopic (exact) mass is 332 g/mol. The largest absolute Gasteiger partial charge is 0.379 e. The summed E-state index contributed by atoms with van der Waals surface area (Å²) in [5.41, 5.74) is 0. The van der Waals surface area contributed by atoms with Crippen molar-refractivity contribution in [3.63, 3.8) is 0 Å². The third kappa shape index (κ3) is 4.08. The van der Waals surface area contributed by atoms with Crippen LogP contribution < -0.4 is 5.32 Å². The van der Waals surface area contributed by atoms with Gasteiger partial charge in [0.05, 0.1) is 17.7 Å². The molecule has 1 N–H and O–H groups in total. The molecular formula is C11H17BrN4OS. The molecule has 0 aromatic carbocycles. The second-order valence-electron chi connectivity index (χ2n) is 3.93. The summed E-state index contributed by atoms with van der Waals surface area (Å²) >= 11 is 5.00. The second kappa shape index (κ2) is 7.28. The average Bonchev–Trinajstić information content (AvgIpc) is 2.42. The van der Waals surface area contributed by atoms with Crippen LogP contribution in [0, 0.1) is 0 Å². The Kier molecular flexibility index (Phi) is 5.68. The lowest BCUT2D eigenvalue weighted by Gasteiger charge is -2.26. The number of halogens is 1. The van der Waals surface area contributed by atoms with E-state index >= 15 is 0 Å². The van der Waals surface area contributed by atoms with Crippen molar-refractivity contribution in [3.05, 3.63) is 10.7 Å². The van der Waals surface area contributed by atoms with E-state index in [9.17, 15) is 0 Å². The zero-order chi connectivity index (χ0) is 12.8. The van der Waals surface area contributed by atoms with Crippen molar-refractivity contribution >= 4 is 33.5 Å². The van der Waals surface area contributed by atoms with Crippen LogP contribution in [0.25, 0.3) is 0 Å². The number of hydrogen-bond donors (Lipinski definition) is 1. The normalized spacial score (nSPS) is 16.8. The van der Waals surface area contributed by atoms with E-state index < -0.39 is 0 Å². The maximum absolute atomic E-state index is 5.32. The van der Waals surface area contributed by atoms with Gasteiger partial charge in [-0.1, -0.05) is 11.8 Å². The first kappa shape index (κ1) is 14.0. The zero-order valence-electron chi connectivity index (χ0n) is 10.4. The highest BCUT2D eigenvalue weighted by molar-refractivity contribution is 9.10. The molecule has 2 rings (SSSR count). The number of hydrogen-bond acceptors (Lipinski definition) is 6. The molecule has 0 unspecified atom stereocenters. The number of nitrogens with zero attached hydrogens (tertiary/aromatic N) is 3. The van der Waals surface area contributed by atoms with Gasteiger partial charge in [0, 0.05) is 32.4 Å². The standard InChI is InChI=1S/C11H17BrN4OS/c1-18-11-14-8-9(12)10(15-11)13-2-3-16-4-6-17-7-5-16/h8H,2-7H2,1H3,(H,13,14,15). The molecule has 1 fully saturated rings. The topological polar surface area (TPSA) is 50.3 Å². The lowest BCUT2D eigenvalue weighted by atomic mass is 10.4. The van der Waals surface area contributed by atoms with Gasteiger partial charge >= 0.3 is 0 Å². The predicted octanol–water partition coefficient (Wildman–Crippen LogP) is 1.71. The van der Waals surface area contributed by atoms with Gasteiger partial charge < -0.3 is 10.1 Å². The average molecular weight is 333 g/mol. The van der Waals surface area contributed by atoms with Gasteiger partial charge in [-0.2, -0.15) is 0 Å². The fourth-order valence-corrected chi connectivity index (χ4v) is 2.40. The van der Waals surface area contributed by atoms with E-state index in [1.165, 1.54) is 0 Å². The Bertz CT molecular complexity index is 387. The molecule has 18 heavy (non-hydrogen) atoms. The van der Waals surface area contributed by atoms with Crippen LogP contribution >= 0.6 is 27.7 Å². The Balaban J connectivity index is 1.81. The number of rotatable bonds is 5. The van der Waals surface area contributed by atoms with E-state index in [-0.39, 0.29) is 0 Å². The Morgan fingerprint density at radius 2 is 2.28 bits per heavy atom. The molecule has 7 heteroatoms. The predicted molar refractivity (Wildman–Crippen MR) is 77.3 cm³/mol. The molecule has 0 bridgehead atoms. The summed E-state index contributed by atoms with van der Waals surface area (Å²) in [5, 5.41) is 4.13. The van der Waals surface area contributed by atoms with E-state index in [2.05, 4.69) is 36.1 Å². The maximum Gasteiger partial charge on any atom is 0.189 e. The highest BCUT2D eigenvalue weighted by Gasteiger charge is 2.10. The van der Waals surface area contributed by atoms with E-state index in [0.29, 0.717) is 0 Å². The van der Waals surface area contributed by atoms with E-state index in [1.807, 2.05) is 6.26 Å². The highest BCUT2D eigenvalue weighted by Crippen LogP contribution is 2.21. The molecule has 5 nitrogen and oxygen atoms in total. The molecule has 1 aromatic rings. The maximum atomic E-state index is 5.32.